The van der Waals surface area contributed by atoms with Crippen LogP contribution in [0.5, 0.6) is 0 Å². The van der Waals surface area contributed by atoms with Crippen LogP contribution in [0.1, 0.15) is 10.6 Å². The predicted octanol–water partition coefficient (Wildman–Crippen LogP) is 2.94. The first-order valence-electron chi connectivity index (χ1n) is 4.23. The number of aromatic carboxylic acids is 1. The van der Waals surface area contributed by atoms with E-state index in [0.29, 0.717) is 4.47 Å². The van der Waals surface area contributed by atoms with Gasteiger partial charge in [0.25, 0.3) is 0 Å². The molecule has 0 amide bonds. The molecular weight excluding hydrogens is 281 g/mol. The average Bonchev–Trinajstić information content (AvgIpc) is 2.66. The van der Waals surface area contributed by atoms with E-state index in [4.69, 9.17) is 5.11 Å². The molecule has 0 unspecified atom stereocenters. The van der Waals surface area contributed by atoms with Gasteiger partial charge in [-0.3, -0.25) is 0 Å². The Bertz CT molecular complexity index is 553. The third-order valence-corrected chi connectivity index (χ3v) is 2.42. The van der Waals surface area contributed by atoms with Gasteiger partial charge in [-0.15, -0.1) is 0 Å². The quantitative estimate of drug-likeness (QED) is 0.921. The maximum atomic E-state index is 13.5. The van der Waals surface area contributed by atoms with Gasteiger partial charge in [0, 0.05) is 16.1 Å². The van der Waals surface area contributed by atoms with Gasteiger partial charge in [-0.05, 0) is 18.2 Å². The summed E-state index contributed by atoms with van der Waals surface area (Å²) < 4.78 is 18.6. The first-order chi connectivity index (χ1) is 7.58. The van der Waals surface area contributed by atoms with Crippen molar-refractivity contribution in [2.45, 2.75) is 0 Å². The molecule has 4 nitrogen and oxygen atoms in total. The minimum atomic E-state index is -1.24. The predicted molar refractivity (Wildman–Crippen MR) is 56.6 cm³/mol. The average molecular weight is 286 g/mol. The lowest BCUT2D eigenvalue weighted by Gasteiger charge is -1.97. The van der Waals surface area contributed by atoms with E-state index in [1.807, 2.05) is 0 Å². The second-order valence-corrected chi connectivity index (χ2v) is 3.92. The van der Waals surface area contributed by atoms with E-state index in [-0.39, 0.29) is 17.0 Å². The molecule has 0 spiro atoms. The van der Waals surface area contributed by atoms with Gasteiger partial charge < -0.3 is 9.63 Å². The molecule has 1 aromatic heterocycles. The molecule has 16 heavy (non-hydrogen) atoms. The number of carboxylic acid groups (broad SMARTS) is 1. The van der Waals surface area contributed by atoms with Gasteiger partial charge in [-0.1, -0.05) is 21.1 Å². The zero-order valence-corrected chi connectivity index (χ0v) is 9.36. The highest BCUT2D eigenvalue weighted by molar-refractivity contribution is 9.10. The highest BCUT2D eigenvalue weighted by atomic mass is 79.9. The fourth-order valence-electron chi connectivity index (χ4n) is 1.20. The van der Waals surface area contributed by atoms with Crippen molar-refractivity contribution >= 4 is 21.9 Å². The van der Waals surface area contributed by atoms with Crippen LogP contribution >= 0.6 is 15.9 Å². The molecule has 0 radical (unpaired) electrons. The number of rotatable bonds is 2. The summed E-state index contributed by atoms with van der Waals surface area (Å²) in [7, 11) is 0. The van der Waals surface area contributed by atoms with Gasteiger partial charge in [0.1, 0.15) is 11.5 Å². The summed E-state index contributed by atoms with van der Waals surface area (Å²) in [5, 5.41) is 12.1. The zero-order chi connectivity index (χ0) is 11.7. The Morgan fingerprint density at radius 3 is 2.75 bits per heavy atom. The van der Waals surface area contributed by atoms with E-state index in [1.54, 1.807) is 6.07 Å². The van der Waals surface area contributed by atoms with Gasteiger partial charge in [-0.2, -0.15) is 0 Å². The minimum Gasteiger partial charge on any atom is -0.475 e. The van der Waals surface area contributed by atoms with Crippen molar-refractivity contribution in [2.75, 3.05) is 0 Å². The highest BCUT2D eigenvalue weighted by Crippen LogP contribution is 2.25. The van der Waals surface area contributed by atoms with Gasteiger partial charge in [-0.25, -0.2) is 9.18 Å². The molecule has 2 rings (SSSR count). The summed E-state index contributed by atoms with van der Waals surface area (Å²) in [6.07, 6.45) is 0. The van der Waals surface area contributed by atoms with E-state index >= 15 is 0 Å². The molecule has 1 aromatic carbocycles. The Labute approximate surface area is 97.8 Å². The molecule has 0 fully saturated rings. The maximum absolute atomic E-state index is 13.5. The van der Waals surface area contributed by atoms with Crippen molar-refractivity contribution in [1.82, 2.24) is 5.16 Å². The number of carboxylic acids is 1. The van der Waals surface area contributed by atoms with Crippen molar-refractivity contribution in [3.05, 3.63) is 40.3 Å². The topological polar surface area (TPSA) is 63.3 Å². The standard InChI is InChI=1S/C10H5BrFNO3/c11-5-1-2-6(7(12)3-5)8-4-9(10(14)15)16-13-8/h1-4H,(H,14,15). The van der Waals surface area contributed by atoms with Crippen LogP contribution in [0.2, 0.25) is 0 Å². The zero-order valence-electron chi connectivity index (χ0n) is 7.78. The number of benzene rings is 1. The third-order valence-electron chi connectivity index (χ3n) is 1.93. The first-order valence-corrected chi connectivity index (χ1v) is 5.02. The second kappa shape index (κ2) is 4.05. The largest absolute Gasteiger partial charge is 0.475 e. The summed E-state index contributed by atoms with van der Waals surface area (Å²) in [5.41, 5.74) is 0.349. The molecule has 0 aliphatic carbocycles. The van der Waals surface area contributed by atoms with Gasteiger partial charge in [0.15, 0.2) is 0 Å². The van der Waals surface area contributed by atoms with Crippen molar-refractivity contribution in [2.24, 2.45) is 0 Å². The minimum absolute atomic E-state index is 0.155. The highest BCUT2D eigenvalue weighted by Gasteiger charge is 2.14. The molecule has 1 N–H and O–H groups in total. The molecule has 0 aliphatic heterocycles. The Balaban J connectivity index is 2.46. The lowest BCUT2D eigenvalue weighted by Crippen LogP contribution is -1.91. The van der Waals surface area contributed by atoms with Crippen LogP contribution in [-0.2, 0) is 0 Å². The van der Waals surface area contributed by atoms with Gasteiger partial charge in [0.2, 0.25) is 5.76 Å². The van der Waals surface area contributed by atoms with Gasteiger partial charge >= 0.3 is 5.97 Å². The Hall–Kier alpha value is -1.69. The summed E-state index contributed by atoms with van der Waals surface area (Å²) in [6.45, 7) is 0. The molecule has 82 valence electrons. The smallest absolute Gasteiger partial charge is 0.374 e. The van der Waals surface area contributed by atoms with E-state index in [1.165, 1.54) is 18.2 Å². The lowest BCUT2D eigenvalue weighted by molar-refractivity contribution is 0.0652. The molecule has 1 heterocycles. The Morgan fingerprint density at radius 1 is 1.44 bits per heavy atom. The summed E-state index contributed by atoms with van der Waals surface area (Å²) in [4.78, 5) is 10.5. The van der Waals surface area contributed by atoms with E-state index in [9.17, 15) is 9.18 Å². The molecule has 0 aliphatic rings. The number of halogens is 2. The normalized spacial score (nSPS) is 10.4. The van der Waals surface area contributed by atoms with E-state index in [0.717, 1.165) is 0 Å². The lowest BCUT2D eigenvalue weighted by atomic mass is 10.1. The maximum Gasteiger partial charge on any atom is 0.374 e. The first kappa shape index (κ1) is 10.8. The van der Waals surface area contributed by atoms with Gasteiger partial charge in [0.05, 0.1) is 0 Å². The summed E-state index contributed by atoms with van der Waals surface area (Å²) in [5.74, 6) is -2.06. The number of hydrogen-bond acceptors (Lipinski definition) is 3. The Morgan fingerprint density at radius 2 is 2.19 bits per heavy atom. The van der Waals surface area contributed by atoms with Crippen LogP contribution in [0.15, 0.2) is 33.3 Å². The molecule has 0 saturated carbocycles. The third kappa shape index (κ3) is 1.96. The molecule has 6 heteroatoms. The van der Waals surface area contributed by atoms with Crippen LogP contribution in [0.4, 0.5) is 4.39 Å². The van der Waals surface area contributed by atoms with Crippen molar-refractivity contribution < 1.29 is 18.8 Å². The fourth-order valence-corrected chi connectivity index (χ4v) is 1.53. The monoisotopic (exact) mass is 285 g/mol. The number of hydrogen-bond donors (Lipinski definition) is 1. The van der Waals surface area contributed by atoms with E-state index < -0.39 is 11.8 Å². The fraction of sp³-hybridized carbons (Fsp3) is 0. The second-order valence-electron chi connectivity index (χ2n) is 3.01. The molecule has 0 atom stereocenters. The number of carbonyl (C=O) groups is 1. The van der Waals surface area contributed by atoms with E-state index in [2.05, 4.69) is 25.6 Å². The molecule has 2 aromatic rings. The van der Waals surface area contributed by atoms with Crippen LogP contribution in [0, 0.1) is 5.82 Å². The molecule has 0 bridgehead atoms. The number of aromatic nitrogens is 1. The van der Waals surface area contributed by atoms with Crippen molar-refractivity contribution in [3.8, 4) is 11.3 Å². The Kier molecular flexibility index (Phi) is 2.74. The van der Waals surface area contributed by atoms with Crippen LogP contribution in [-0.4, -0.2) is 16.2 Å². The SMILES string of the molecule is O=C(O)c1cc(-c2ccc(Br)cc2F)no1. The molecular formula is C10H5BrFNO3. The van der Waals surface area contributed by atoms with Crippen LogP contribution in [0.25, 0.3) is 11.3 Å². The number of nitrogens with zero attached hydrogens (tertiary/aromatic N) is 1. The summed E-state index contributed by atoms with van der Waals surface area (Å²) >= 11 is 3.12. The van der Waals surface area contributed by atoms with Crippen molar-refractivity contribution in [1.29, 1.82) is 0 Å². The molecule has 0 saturated heterocycles. The van der Waals surface area contributed by atoms with Crippen LogP contribution < -0.4 is 0 Å². The van der Waals surface area contributed by atoms with Crippen LogP contribution in [0.3, 0.4) is 0 Å². The van der Waals surface area contributed by atoms with Crippen molar-refractivity contribution in [3.63, 3.8) is 0 Å². The summed E-state index contributed by atoms with van der Waals surface area (Å²) in [6, 6.07) is 5.57.